The van der Waals surface area contributed by atoms with E-state index in [0.29, 0.717) is 12.1 Å². The molecule has 0 aliphatic rings. The Morgan fingerprint density at radius 3 is 2.47 bits per heavy atom. The van der Waals surface area contributed by atoms with Gasteiger partial charge in [-0.3, -0.25) is 4.68 Å². The van der Waals surface area contributed by atoms with Gasteiger partial charge < -0.3 is 5.32 Å². The molecule has 0 radical (unpaired) electrons. The van der Waals surface area contributed by atoms with Crippen LogP contribution in [-0.4, -0.2) is 9.78 Å². The van der Waals surface area contributed by atoms with E-state index in [9.17, 15) is 8.78 Å². The number of hydrogen-bond donors (Lipinski definition) is 1. The van der Waals surface area contributed by atoms with Gasteiger partial charge in [-0.2, -0.15) is 5.10 Å². The summed E-state index contributed by atoms with van der Waals surface area (Å²) < 4.78 is 29.2. The first kappa shape index (κ1) is 13.5. The minimum atomic E-state index is -0.581. The van der Waals surface area contributed by atoms with E-state index in [1.807, 2.05) is 20.9 Å². The highest BCUT2D eigenvalue weighted by molar-refractivity contribution is 5.49. The van der Waals surface area contributed by atoms with E-state index < -0.39 is 11.6 Å². The summed E-state index contributed by atoms with van der Waals surface area (Å²) in [5.41, 5.74) is 3.15. The Balaban J connectivity index is 2.26. The average Bonchev–Trinajstić information content (AvgIpc) is 2.60. The van der Waals surface area contributed by atoms with Crippen molar-refractivity contribution in [3.63, 3.8) is 0 Å². The van der Waals surface area contributed by atoms with Gasteiger partial charge in [0.05, 0.1) is 5.69 Å². The topological polar surface area (TPSA) is 29.9 Å². The first-order valence-corrected chi connectivity index (χ1v) is 6.09. The average molecular weight is 265 g/mol. The Morgan fingerprint density at radius 2 is 1.89 bits per heavy atom. The van der Waals surface area contributed by atoms with Crippen LogP contribution < -0.4 is 5.32 Å². The molecule has 3 nitrogen and oxygen atoms in total. The largest absolute Gasteiger partial charge is 0.376 e. The number of aromatic nitrogens is 2. The zero-order valence-electron chi connectivity index (χ0n) is 11.5. The summed E-state index contributed by atoms with van der Waals surface area (Å²) in [6.07, 6.45) is 0. The first-order valence-electron chi connectivity index (χ1n) is 6.09. The molecule has 5 heteroatoms. The van der Waals surface area contributed by atoms with E-state index in [0.717, 1.165) is 17.0 Å². The fourth-order valence-electron chi connectivity index (χ4n) is 2.07. The molecular weight excluding hydrogens is 248 g/mol. The van der Waals surface area contributed by atoms with Gasteiger partial charge in [-0.25, -0.2) is 8.78 Å². The van der Waals surface area contributed by atoms with Crippen LogP contribution >= 0.6 is 0 Å². The van der Waals surface area contributed by atoms with Gasteiger partial charge in [0, 0.05) is 24.8 Å². The standard InChI is InChI=1S/C14H17F2N3/c1-8-5-6-12(15)14(13(8)16)17-7-11-9(2)18-19(4)10(11)3/h5-6,17H,7H2,1-4H3. The Hall–Kier alpha value is -1.91. The quantitative estimate of drug-likeness (QED) is 0.923. The van der Waals surface area contributed by atoms with Crippen LogP contribution in [0.3, 0.4) is 0 Å². The van der Waals surface area contributed by atoms with Crippen LogP contribution in [0.25, 0.3) is 0 Å². The SMILES string of the molecule is Cc1ccc(F)c(NCc2c(C)nn(C)c2C)c1F. The van der Waals surface area contributed by atoms with Crippen molar-refractivity contribution in [1.82, 2.24) is 9.78 Å². The van der Waals surface area contributed by atoms with Crippen molar-refractivity contribution >= 4 is 5.69 Å². The zero-order chi connectivity index (χ0) is 14.2. The van der Waals surface area contributed by atoms with Crippen molar-refractivity contribution in [3.8, 4) is 0 Å². The van der Waals surface area contributed by atoms with Crippen LogP contribution in [-0.2, 0) is 13.6 Å². The fourth-order valence-corrected chi connectivity index (χ4v) is 2.07. The van der Waals surface area contributed by atoms with Crippen LogP contribution in [0.1, 0.15) is 22.5 Å². The monoisotopic (exact) mass is 265 g/mol. The van der Waals surface area contributed by atoms with Gasteiger partial charge in [0.2, 0.25) is 0 Å². The molecule has 1 heterocycles. The summed E-state index contributed by atoms with van der Waals surface area (Å²) in [6, 6.07) is 2.69. The highest BCUT2D eigenvalue weighted by Gasteiger charge is 2.14. The number of nitrogens with zero attached hydrogens (tertiary/aromatic N) is 2. The van der Waals surface area contributed by atoms with Gasteiger partial charge in [-0.15, -0.1) is 0 Å². The van der Waals surface area contributed by atoms with E-state index in [1.165, 1.54) is 12.1 Å². The van der Waals surface area contributed by atoms with E-state index in [-0.39, 0.29) is 5.69 Å². The molecule has 19 heavy (non-hydrogen) atoms. The molecule has 2 aromatic rings. The van der Waals surface area contributed by atoms with E-state index in [1.54, 1.807) is 11.6 Å². The van der Waals surface area contributed by atoms with Crippen LogP contribution in [0, 0.1) is 32.4 Å². The molecule has 0 atom stereocenters. The maximum Gasteiger partial charge on any atom is 0.152 e. The smallest absolute Gasteiger partial charge is 0.152 e. The second kappa shape index (κ2) is 4.99. The van der Waals surface area contributed by atoms with E-state index >= 15 is 0 Å². The molecule has 2 rings (SSSR count). The van der Waals surface area contributed by atoms with Gasteiger partial charge in [0.25, 0.3) is 0 Å². The van der Waals surface area contributed by atoms with Crippen LogP contribution in [0.15, 0.2) is 12.1 Å². The number of nitrogens with one attached hydrogen (secondary N) is 1. The predicted octanol–water partition coefficient (Wildman–Crippen LogP) is 3.24. The minimum absolute atomic E-state index is 0.0809. The molecule has 0 fully saturated rings. The Labute approximate surface area is 111 Å². The number of rotatable bonds is 3. The third kappa shape index (κ3) is 2.45. The minimum Gasteiger partial charge on any atom is -0.376 e. The number of aryl methyl sites for hydroxylation is 3. The molecule has 0 spiro atoms. The van der Waals surface area contributed by atoms with Gasteiger partial charge in [-0.05, 0) is 32.4 Å². The Kier molecular flexibility index (Phi) is 3.55. The van der Waals surface area contributed by atoms with Gasteiger partial charge in [0.1, 0.15) is 11.5 Å². The van der Waals surface area contributed by atoms with Gasteiger partial charge in [0.15, 0.2) is 5.82 Å². The van der Waals surface area contributed by atoms with Crippen molar-refractivity contribution in [2.45, 2.75) is 27.3 Å². The lowest BCUT2D eigenvalue weighted by atomic mass is 10.1. The van der Waals surface area contributed by atoms with E-state index in [4.69, 9.17) is 0 Å². The molecule has 0 bridgehead atoms. The number of halogens is 2. The fraction of sp³-hybridized carbons (Fsp3) is 0.357. The number of hydrogen-bond acceptors (Lipinski definition) is 2. The van der Waals surface area contributed by atoms with E-state index in [2.05, 4.69) is 10.4 Å². The van der Waals surface area contributed by atoms with Crippen LogP contribution in [0.5, 0.6) is 0 Å². The van der Waals surface area contributed by atoms with Crippen molar-refractivity contribution < 1.29 is 8.78 Å². The summed E-state index contributed by atoms with van der Waals surface area (Å²) in [7, 11) is 1.85. The zero-order valence-corrected chi connectivity index (χ0v) is 11.5. The van der Waals surface area contributed by atoms with Crippen molar-refractivity contribution in [3.05, 3.63) is 46.3 Å². The third-order valence-corrected chi connectivity index (χ3v) is 3.39. The Morgan fingerprint density at radius 1 is 1.21 bits per heavy atom. The molecule has 0 aliphatic carbocycles. The normalized spacial score (nSPS) is 10.8. The third-order valence-electron chi connectivity index (χ3n) is 3.39. The van der Waals surface area contributed by atoms with Crippen molar-refractivity contribution in [1.29, 1.82) is 0 Å². The predicted molar refractivity (Wildman–Crippen MR) is 71.1 cm³/mol. The molecule has 0 saturated heterocycles. The molecule has 0 aliphatic heterocycles. The maximum atomic E-state index is 13.8. The lowest BCUT2D eigenvalue weighted by Crippen LogP contribution is -2.06. The lowest BCUT2D eigenvalue weighted by Gasteiger charge is -2.10. The first-order chi connectivity index (χ1) is 8.91. The van der Waals surface area contributed by atoms with Crippen LogP contribution in [0.2, 0.25) is 0 Å². The summed E-state index contributed by atoms with van der Waals surface area (Å²) in [6.45, 7) is 5.77. The highest BCUT2D eigenvalue weighted by atomic mass is 19.1. The number of benzene rings is 1. The lowest BCUT2D eigenvalue weighted by molar-refractivity contribution is 0.582. The molecule has 1 aromatic heterocycles. The van der Waals surface area contributed by atoms with Gasteiger partial charge in [-0.1, -0.05) is 6.07 Å². The van der Waals surface area contributed by atoms with Crippen molar-refractivity contribution in [2.24, 2.45) is 7.05 Å². The highest BCUT2D eigenvalue weighted by Crippen LogP contribution is 2.23. The summed E-state index contributed by atoms with van der Waals surface area (Å²) in [5, 5.41) is 7.10. The van der Waals surface area contributed by atoms with Crippen LogP contribution in [0.4, 0.5) is 14.5 Å². The summed E-state index contributed by atoms with van der Waals surface area (Å²) >= 11 is 0. The molecule has 0 amide bonds. The molecule has 1 aromatic carbocycles. The molecule has 102 valence electrons. The Bertz CT molecular complexity index is 618. The number of anilines is 1. The van der Waals surface area contributed by atoms with Gasteiger partial charge >= 0.3 is 0 Å². The van der Waals surface area contributed by atoms with Crippen molar-refractivity contribution in [2.75, 3.05) is 5.32 Å². The molecule has 1 N–H and O–H groups in total. The second-order valence-electron chi connectivity index (χ2n) is 4.68. The maximum absolute atomic E-state index is 13.8. The summed E-state index contributed by atoms with van der Waals surface area (Å²) in [4.78, 5) is 0. The molecular formula is C14H17F2N3. The molecule has 0 unspecified atom stereocenters. The molecule has 0 saturated carbocycles. The summed E-state index contributed by atoms with van der Waals surface area (Å²) in [5.74, 6) is -1.12. The second-order valence-corrected chi connectivity index (χ2v) is 4.68.